The lowest BCUT2D eigenvalue weighted by molar-refractivity contribution is 0.251. The first kappa shape index (κ1) is 14.7. The molecule has 0 bridgehead atoms. The molecule has 1 N–H and O–H groups in total. The van der Waals surface area contributed by atoms with Crippen molar-refractivity contribution in [1.82, 2.24) is 14.2 Å². The summed E-state index contributed by atoms with van der Waals surface area (Å²) in [6, 6.07) is 3.70. The molecule has 1 unspecified atom stereocenters. The number of anilines is 1. The van der Waals surface area contributed by atoms with E-state index in [4.69, 9.17) is 0 Å². The lowest BCUT2D eigenvalue weighted by Crippen LogP contribution is -2.37. The molecule has 0 saturated carbocycles. The maximum absolute atomic E-state index is 12.6. The summed E-state index contributed by atoms with van der Waals surface area (Å²) >= 11 is 0. The van der Waals surface area contributed by atoms with Gasteiger partial charge in [0.1, 0.15) is 10.7 Å². The average molecular weight is 310 g/mol. The molecule has 2 saturated heterocycles. The molecule has 0 aromatic carbocycles. The normalized spacial score (nSPS) is 24.5. The van der Waals surface area contributed by atoms with Crippen LogP contribution in [0.15, 0.2) is 23.2 Å². The molecule has 116 valence electrons. The highest BCUT2D eigenvalue weighted by Gasteiger charge is 2.35. The summed E-state index contributed by atoms with van der Waals surface area (Å²) in [5, 5.41) is 2.89. The Labute approximate surface area is 126 Å². The smallest absolute Gasteiger partial charge is 0.244 e. The van der Waals surface area contributed by atoms with Crippen molar-refractivity contribution in [3.05, 3.63) is 18.3 Å². The molecule has 0 radical (unpaired) electrons. The molecule has 1 aromatic rings. The van der Waals surface area contributed by atoms with Crippen LogP contribution >= 0.6 is 0 Å². The van der Waals surface area contributed by atoms with Gasteiger partial charge in [-0.1, -0.05) is 0 Å². The van der Waals surface area contributed by atoms with Gasteiger partial charge < -0.3 is 5.32 Å². The minimum absolute atomic E-state index is 0.281. The third-order valence-electron chi connectivity index (χ3n) is 4.41. The molecule has 2 fully saturated rings. The summed E-state index contributed by atoms with van der Waals surface area (Å²) < 4.78 is 26.9. The van der Waals surface area contributed by atoms with Gasteiger partial charge in [-0.3, -0.25) is 4.90 Å². The zero-order valence-electron chi connectivity index (χ0n) is 12.3. The SMILES string of the molecule is CNc1ccc(S(=O)(=O)N2CCC(N3CCCC3)C2)cn1. The number of sulfonamides is 1. The lowest BCUT2D eigenvalue weighted by Gasteiger charge is -2.23. The first-order valence-electron chi connectivity index (χ1n) is 7.49. The van der Waals surface area contributed by atoms with E-state index in [-0.39, 0.29) is 4.90 Å². The van der Waals surface area contributed by atoms with Crippen molar-refractivity contribution < 1.29 is 8.42 Å². The zero-order valence-corrected chi connectivity index (χ0v) is 13.1. The van der Waals surface area contributed by atoms with Gasteiger partial charge in [0.05, 0.1) is 0 Å². The van der Waals surface area contributed by atoms with Crippen LogP contribution in [0.4, 0.5) is 5.82 Å². The standard InChI is InChI=1S/C14H22N4O2S/c1-15-14-5-4-13(10-16-14)21(19,20)18-9-6-12(11-18)17-7-2-3-8-17/h4-5,10,12H,2-3,6-9,11H2,1H3,(H,15,16). The van der Waals surface area contributed by atoms with Crippen LogP contribution in [0.3, 0.4) is 0 Å². The first-order valence-corrected chi connectivity index (χ1v) is 8.93. The molecule has 2 aliphatic heterocycles. The first-order chi connectivity index (χ1) is 10.1. The summed E-state index contributed by atoms with van der Waals surface area (Å²) in [5.74, 6) is 0.672. The van der Waals surface area contributed by atoms with E-state index in [1.165, 1.54) is 19.0 Å². The fraction of sp³-hybridized carbons (Fsp3) is 0.643. The average Bonchev–Trinajstić information content (AvgIpc) is 3.18. The number of nitrogens with zero attached hydrogens (tertiary/aromatic N) is 3. The van der Waals surface area contributed by atoms with Crippen molar-refractivity contribution in [2.24, 2.45) is 0 Å². The summed E-state index contributed by atoms with van der Waals surface area (Å²) in [5.41, 5.74) is 0. The zero-order chi connectivity index (χ0) is 14.9. The van der Waals surface area contributed by atoms with Crippen LogP contribution in [0.5, 0.6) is 0 Å². The molecule has 21 heavy (non-hydrogen) atoms. The monoisotopic (exact) mass is 310 g/mol. The van der Waals surface area contributed by atoms with Crippen LogP contribution in [-0.2, 0) is 10.0 Å². The Morgan fingerprint density at radius 3 is 2.62 bits per heavy atom. The van der Waals surface area contributed by atoms with Crippen LogP contribution in [0.1, 0.15) is 19.3 Å². The predicted octanol–water partition coefficient (Wildman–Crippen LogP) is 0.982. The maximum Gasteiger partial charge on any atom is 0.244 e. The Hall–Kier alpha value is -1.18. The molecule has 6 nitrogen and oxygen atoms in total. The fourth-order valence-corrected chi connectivity index (χ4v) is 4.60. The highest BCUT2D eigenvalue weighted by atomic mass is 32.2. The van der Waals surface area contributed by atoms with Gasteiger partial charge in [-0.15, -0.1) is 0 Å². The quantitative estimate of drug-likeness (QED) is 0.898. The Bertz CT molecular complexity index is 581. The molecule has 2 aliphatic rings. The van der Waals surface area contributed by atoms with Gasteiger partial charge in [-0.25, -0.2) is 13.4 Å². The van der Waals surface area contributed by atoms with Crippen LogP contribution in [0, 0.1) is 0 Å². The van der Waals surface area contributed by atoms with Gasteiger partial charge in [0.25, 0.3) is 0 Å². The van der Waals surface area contributed by atoms with Gasteiger partial charge in [0.15, 0.2) is 0 Å². The lowest BCUT2D eigenvalue weighted by atomic mass is 10.2. The third kappa shape index (κ3) is 2.90. The van der Waals surface area contributed by atoms with Crippen molar-refractivity contribution in [3.8, 4) is 0 Å². The van der Waals surface area contributed by atoms with E-state index in [0.717, 1.165) is 19.5 Å². The van der Waals surface area contributed by atoms with E-state index in [2.05, 4.69) is 15.2 Å². The van der Waals surface area contributed by atoms with E-state index < -0.39 is 10.0 Å². The van der Waals surface area contributed by atoms with Crippen LogP contribution in [-0.4, -0.2) is 61.9 Å². The maximum atomic E-state index is 12.6. The van der Waals surface area contributed by atoms with Crippen molar-refractivity contribution in [3.63, 3.8) is 0 Å². The topological polar surface area (TPSA) is 65.5 Å². The molecule has 1 aromatic heterocycles. The minimum Gasteiger partial charge on any atom is -0.373 e. The van der Waals surface area contributed by atoms with Crippen molar-refractivity contribution in [2.75, 3.05) is 38.5 Å². The van der Waals surface area contributed by atoms with Crippen molar-refractivity contribution >= 4 is 15.8 Å². The molecule has 0 spiro atoms. The van der Waals surface area contributed by atoms with Crippen LogP contribution in [0.25, 0.3) is 0 Å². The van der Waals surface area contributed by atoms with E-state index >= 15 is 0 Å². The van der Waals surface area contributed by atoms with Crippen molar-refractivity contribution in [1.29, 1.82) is 0 Å². The van der Waals surface area contributed by atoms with E-state index in [1.807, 2.05) is 0 Å². The highest BCUT2D eigenvalue weighted by Crippen LogP contribution is 2.25. The molecular formula is C14H22N4O2S. The Balaban J connectivity index is 1.72. The predicted molar refractivity (Wildman–Crippen MR) is 81.8 cm³/mol. The number of hydrogen-bond donors (Lipinski definition) is 1. The highest BCUT2D eigenvalue weighted by molar-refractivity contribution is 7.89. The van der Waals surface area contributed by atoms with E-state index in [0.29, 0.717) is 24.9 Å². The second-order valence-electron chi connectivity index (χ2n) is 5.68. The minimum atomic E-state index is -3.41. The molecule has 3 rings (SSSR count). The Morgan fingerprint density at radius 1 is 1.24 bits per heavy atom. The number of likely N-dealkylation sites (tertiary alicyclic amines) is 1. The number of rotatable bonds is 4. The van der Waals surface area contributed by atoms with Crippen LogP contribution in [0.2, 0.25) is 0 Å². The van der Waals surface area contributed by atoms with Gasteiger partial charge in [0, 0.05) is 32.4 Å². The molecular weight excluding hydrogens is 288 g/mol. The largest absolute Gasteiger partial charge is 0.373 e. The molecule has 7 heteroatoms. The molecule has 3 heterocycles. The summed E-state index contributed by atoms with van der Waals surface area (Å²) in [6.07, 6.45) is 4.84. The van der Waals surface area contributed by atoms with Gasteiger partial charge in [0.2, 0.25) is 10.0 Å². The van der Waals surface area contributed by atoms with Gasteiger partial charge >= 0.3 is 0 Å². The van der Waals surface area contributed by atoms with Crippen LogP contribution < -0.4 is 5.32 Å². The molecule has 0 amide bonds. The molecule has 0 aliphatic carbocycles. The summed E-state index contributed by atoms with van der Waals surface area (Å²) in [7, 11) is -1.65. The van der Waals surface area contributed by atoms with Gasteiger partial charge in [-0.2, -0.15) is 4.31 Å². The second kappa shape index (κ2) is 5.90. The number of aromatic nitrogens is 1. The van der Waals surface area contributed by atoms with Crippen molar-refractivity contribution in [2.45, 2.75) is 30.2 Å². The second-order valence-corrected chi connectivity index (χ2v) is 7.62. The molecule has 1 atom stereocenters. The summed E-state index contributed by atoms with van der Waals surface area (Å²) in [4.78, 5) is 6.81. The van der Waals surface area contributed by atoms with E-state index in [1.54, 1.807) is 23.5 Å². The fourth-order valence-electron chi connectivity index (χ4n) is 3.16. The summed E-state index contributed by atoms with van der Waals surface area (Å²) in [6.45, 7) is 3.43. The third-order valence-corrected chi connectivity index (χ3v) is 6.26. The Kier molecular flexibility index (Phi) is 4.14. The number of pyridine rings is 1. The Morgan fingerprint density at radius 2 is 2.00 bits per heavy atom. The number of hydrogen-bond acceptors (Lipinski definition) is 5. The number of nitrogens with one attached hydrogen (secondary N) is 1. The van der Waals surface area contributed by atoms with Gasteiger partial charge in [-0.05, 0) is 44.5 Å². The van der Waals surface area contributed by atoms with E-state index in [9.17, 15) is 8.42 Å².